The highest BCUT2D eigenvalue weighted by Crippen LogP contribution is 2.12. The van der Waals surface area contributed by atoms with Crippen LogP contribution >= 0.6 is 11.6 Å². The van der Waals surface area contributed by atoms with Gasteiger partial charge in [0, 0.05) is 17.6 Å². The SMILES string of the molecule is CCCCC(CC)CNC(=O)C=Cc1cccc(Cl)c1. The fourth-order valence-electron chi connectivity index (χ4n) is 2.03. The number of carbonyl (C=O) groups excluding carboxylic acids is 1. The molecule has 3 heteroatoms. The number of carbonyl (C=O) groups is 1. The zero-order chi connectivity index (χ0) is 14.8. The van der Waals surface area contributed by atoms with Gasteiger partial charge in [0.15, 0.2) is 0 Å². The van der Waals surface area contributed by atoms with Crippen LogP contribution in [0.25, 0.3) is 6.08 Å². The Labute approximate surface area is 127 Å². The second kappa shape index (κ2) is 9.60. The van der Waals surface area contributed by atoms with E-state index in [1.807, 2.05) is 24.3 Å². The van der Waals surface area contributed by atoms with E-state index in [1.54, 1.807) is 12.2 Å². The smallest absolute Gasteiger partial charge is 0.244 e. The van der Waals surface area contributed by atoms with E-state index in [0.717, 1.165) is 18.5 Å². The van der Waals surface area contributed by atoms with Crippen LogP contribution in [-0.4, -0.2) is 12.5 Å². The maximum atomic E-state index is 11.8. The van der Waals surface area contributed by atoms with Gasteiger partial charge in [-0.25, -0.2) is 0 Å². The normalized spacial score (nSPS) is 12.6. The molecule has 1 unspecified atom stereocenters. The lowest BCUT2D eigenvalue weighted by molar-refractivity contribution is -0.116. The van der Waals surface area contributed by atoms with Crippen molar-refractivity contribution >= 4 is 23.6 Å². The topological polar surface area (TPSA) is 29.1 Å². The third-order valence-electron chi connectivity index (χ3n) is 3.38. The lowest BCUT2D eigenvalue weighted by atomic mass is 9.99. The first-order chi connectivity index (χ1) is 9.65. The van der Waals surface area contributed by atoms with Gasteiger partial charge in [0.1, 0.15) is 0 Å². The third kappa shape index (κ3) is 6.76. The molecule has 0 saturated heterocycles. The van der Waals surface area contributed by atoms with E-state index >= 15 is 0 Å². The summed E-state index contributed by atoms with van der Waals surface area (Å²) in [6.07, 6.45) is 8.09. The molecule has 1 aromatic carbocycles. The van der Waals surface area contributed by atoms with Crippen molar-refractivity contribution in [1.82, 2.24) is 5.32 Å². The number of halogens is 1. The van der Waals surface area contributed by atoms with Gasteiger partial charge in [0.2, 0.25) is 5.91 Å². The van der Waals surface area contributed by atoms with Crippen molar-refractivity contribution in [1.29, 1.82) is 0 Å². The minimum Gasteiger partial charge on any atom is -0.352 e. The fourth-order valence-corrected chi connectivity index (χ4v) is 2.23. The molecule has 0 aliphatic carbocycles. The van der Waals surface area contributed by atoms with Gasteiger partial charge >= 0.3 is 0 Å². The summed E-state index contributed by atoms with van der Waals surface area (Å²) in [6.45, 7) is 5.13. The van der Waals surface area contributed by atoms with Crippen LogP contribution in [0.15, 0.2) is 30.3 Å². The van der Waals surface area contributed by atoms with Crippen LogP contribution in [0.5, 0.6) is 0 Å². The Balaban J connectivity index is 2.39. The van der Waals surface area contributed by atoms with Crippen LogP contribution in [0.4, 0.5) is 0 Å². The van der Waals surface area contributed by atoms with Gasteiger partial charge < -0.3 is 5.32 Å². The van der Waals surface area contributed by atoms with Crippen LogP contribution < -0.4 is 5.32 Å². The summed E-state index contributed by atoms with van der Waals surface area (Å²) in [5, 5.41) is 3.65. The van der Waals surface area contributed by atoms with E-state index < -0.39 is 0 Å². The van der Waals surface area contributed by atoms with Gasteiger partial charge in [0.25, 0.3) is 0 Å². The van der Waals surface area contributed by atoms with Crippen molar-refractivity contribution in [2.45, 2.75) is 39.5 Å². The van der Waals surface area contributed by atoms with Crippen LogP contribution in [0, 0.1) is 5.92 Å². The molecule has 2 nitrogen and oxygen atoms in total. The Kier molecular flexibility index (Phi) is 8.05. The highest BCUT2D eigenvalue weighted by Gasteiger charge is 2.06. The van der Waals surface area contributed by atoms with Crippen LogP contribution in [-0.2, 0) is 4.79 Å². The van der Waals surface area contributed by atoms with Gasteiger partial charge in [-0.3, -0.25) is 4.79 Å². The second-order valence-electron chi connectivity index (χ2n) is 5.05. The fraction of sp³-hybridized carbons (Fsp3) is 0.471. The number of nitrogens with one attached hydrogen (secondary N) is 1. The molecular formula is C17H24ClNO. The monoisotopic (exact) mass is 293 g/mol. The highest BCUT2D eigenvalue weighted by atomic mass is 35.5. The Morgan fingerprint density at radius 3 is 2.85 bits per heavy atom. The molecule has 0 aromatic heterocycles. The lowest BCUT2D eigenvalue weighted by Gasteiger charge is -2.14. The molecule has 1 amide bonds. The first-order valence-corrected chi connectivity index (χ1v) is 7.75. The van der Waals surface area contributed by atoms with Crippen molar-refractivity contribution in [2.24, 2.45) is 5.92 Å². The molecule has 1 rings (SSSR count). The summed E-state index contributed by atoms with van der Waals surface area (Å²) >= 11 is 5.90. The molecule has 0 fully saturated rings. The van der Waals surface area contributed by atoms with Crippen LogP contribution in [0.1, 0.15) is 45.1 Å². The standard InChI is InChI=1S/C17H24ClNO/c1-3-5-7-14(4-2)13-19-17(20)11-10-15-8-6-9-16(18)12-15/h6,8-12,14H,3-5,7,13H2,1-2H3,(H,19,20). The number of hydrogen-bond acceptors (Lipinski definition) is 1. The molecule has 20 heavy (non-hydrogen) atoms. The number of benzene rings is 1. The summed E-state index contributed by atoms with van der Waals surface area (Å²) in [4.78, 5) is 11.8. The van der Waals surface area contributed by atoms with Gasteiger partial charge in [-0.1, -0.05) is 56.8 Å². The van der Waals surface area contributed by atoms with E-state index in [-0.39, 0.29) is 5.91 Å². The Bertz CT molecular complexity index is 442. The van der Waals surface area contributed by atoms with E-state index in [0.29, 0.717) is 10.9 Å². The number of unbranched alkanes of at least 4 members (excludes halogenated alkanes) is 1. The maximum Gasteiger partial charge on any atom is 0.244 e. The average molecular weight is 294 g/mol. The molecule has 0 spiro atoms. The Morgan fingerprint density at radius 2 is 2.20 bits per heavy atom. The Hall–Kier alpha value is -1.28. The molecule has 1 atom stereocenters. The highest BCUT2D eigenvalue weighted by molar-refractivity contribution is 6.30. The first kappa shape index (κ1) is 16.8. The van der Waals surface area contributed by atoms with E-state index in [1.165, 1.54) is 19.3 Å². The van der Waals surface area contributed by atoms with Crippen molar-refractivity contribution in [3.05, 3.63) is 40.9 Å². The number of rotatable bonds is 8. The van der Waals surface area contributed by atoms with E-state index in [2.05, 4.69) is 19.2 Å². The lowest BCUT2D eigenvalue weighted by Crippen LogP contribution is -2.27. The van der Waals surface area contributed by atoms with Crippen molar-refractivity contribution in [3.63, 3.8) is 0 Å². The largest absolute Gasteiger partial charge is 0.352 e. The summed E-state index contributed by atoms with van der Waals surface area (Å²) < 4.78 is 0. The first-order valence-electron chi connectivity index (χ1n) is 7.37. The predicted molar refractivity (Wildman–Crippen MR) is 86.8 cm³/mol. The zero-order valence-corrected chi connectivity index (χ0v) is 13.1. The molecule has 1 N–H and O–H groups in total. The molecule has 1 aromatic rings. The van der Waals surface area contributed by atoms with Gasteiger partial charge in [-0.15, -0.1) is 0 Å². The molecule has 0 bridgehead atoms. The molecule has 0 heterocycles. The quantitative estimate of drug-likeness (QED) is 0.692. The number of amides is 1. The van der Waals surface area contributed by atoms with Gasteiger partial charge in [0.05, 0.1) is 0 Å². The molecule has 0 aliphatic rings. The minimum absolute atomic E-state index is 0.0417. The zero-order valence-electron chi connectivity index (χ0n) is 12.4. The maximum absolute atomic E-state index is 11.8. The Morgan fingerprint density at radius 1 is 1.40 bits per heavy atom. The molecule has 110 valence electrons. The third-order valence-corrected chi connectivity index (χ3v) is 3.62. The predicted octanol–water partition coefficient (Wildman–Crippen LogP) is 4.69. The summed E-state index contributed by atoms with van der Waals surface area (Å²) in [5.74, 6) is 0.540. The van der Waals surface area contributed by atoms with Gasteiger partial charge in [-0.2, -0.15) is 0 Å². The minimum atomic E-state index is -0.0417. The number of hydrogen-bond donors (Lipinski definition) is 1. The van der Waals surface area contributed by atoms with Crippen molar-refractivity contribution < 1.29 is 4.79 Å². The molecular weight excluding hydrogens is 270 g/mol. The molecule has 0 saturated carbocycles. The van der Waals surface area contributed by atoms with Crippen LogP contribution in [0.3, 0.4) is 0 Å². The average Bonchev–Trinajstić information content (AvgIpc) is 2.45. The summed E-state index contributed by atoms with van der Waals surface area (Å²) in [6, 6.07) is 7.45. The van der Waals surface area contributed by atoms with Crippen molar-refractivity contribution in [3.8, 4) is 0 Å². The second-order valence-corrected chi connectivity index (χ2v) is 5.49. The molecule has 0 radical (unpaired) electrons. The van der Waals surface area contributed by atoms with Crippen molar-refractivity contribution in [2.75, 3.05) is 6.54 Å². The van der Waals surface area contributed by atoms with E-state index in [4.69, 9.17) is 11.6 Å². The summed E-state index contributed by atoms with van der Waals surface area (Å²) in [5.41, 5.74) is 0.936. The molecule has 0 aliphatic heterocycles. The summed E-state index contributed by atoms with van der Waals surface area (Å²) in [7, 11) is 0. The van der Waals surface area contributed by atoms with Gasteiger partial charge in [-0.05, 0) is 36.1 Å². The van der Waals surface area contributed by atoms with Crippen LogP contribution in [0.2, 0.25) is 5.02 Å². The van der Waals surface area contributed by atoms with E-state index in [9.17, 15) is 4.79 Å².